The summed E-state index contributed by atoms with van der Waals surface area (Å²) in [7, 11) is 1.47. The van der Waals surface area contributed by atoms with Crippen molar-refractivity contribution in [1.29, 1.82) is 0 Å². The first-order chi connectivity index (χ1) is 12.5. The highest BCUT2D eigenvalue weighted by atomic mass is 16.5. The number of benzene rings is 2. The van der Waals surface area contributed by atoms with Crippen LogP contribution in [0.2, 0.25) is 0 Å². The first kappa shape index (κ1) is 17.2. The van der Waals surface area contributed by atoms with Crippen molar-refractivity contribution in [1.82, 2.24) is 9.78 Å². The van der Waals surface area contributed by atoms with Gasteiger partial charge < -0.3 is 15.2 Å². The van der Waals surface area contributed by atoms with Gasteiger partial charge in [-0.15, -0.1) is 0 Å². The Balaban J connectivity index is 2.03. The van der Waals surface area contributed by atoms with E-state index in [2.05, 4.69) is 10.4 Å². The summed E-state index contributed by atoms with van der Waals surface area (Å²) in [5, 5.41) is 16.7. The van der Waals surface area contributed by atoms with Crippen LogP contribution >= 0.6 is 0 Å². The average molecular weight is 351 g/mol. The van der Waals surface area contributed by atoms with Crippen molar-refractivity contribution in [3.63, 3.8) is 0 Å². The van der Waals surface area contributed by atoms with E-state index < -0.39 is 17.2 Å². The predicted octanol–water partition coefficient (Wildman–Crippen LogP) is 2.51. The molecule has 2 aromatic carbocycles. The lowest BCUT2D eigenvalue weighted by molar-refractivity contribution is 0.101. The molecule has 0 saturated carbocycles. The highest BCUT2D eigenvalue weighted by molar-refractivity contribution is 6.04. The third kappa shape index (κ3) is 3.41. The van der Waals surface area contributed by atoms with Crippen molar-refractivity contribution in [3.05, 3.63) is 76.2 Å². The lowest BCUT2D eigenvalue weighted by Crippen LogP contribution is -2.25. The number of aromatic nitrogens is 2. The number of ether oxygens (including phenoxy) is 1. The van der Waals surface area contributed by atoms with Crippen LogP contribution in [0.25, 0.3) is 5.69 Å². The number of nitrogens with zero attached hydrogens (tertiary/aromatic N) is 2. The summed E-state index contributed by atoms with van der Waals surface area (Å²) in [6, 6.07) is 14.9. The number of para-hydroxylation sites is 2. The van der Waals surface area contributed by atoms with Crippen LogP contribution in [-0.2, 0) is 0 Å². The normalized spacial score (nSPS) is 10.4. The van der Waals surface area contributed by atoms with Gasteiger partial charge in [0.05, 0.1) is 7.11 Å². The van der Waals surface area contributed by atoms with Gasteiger partial charge in [-0.25, -0.2) is 0 Å². The first-order valence-corrected chi connectivity index (χ1v) is 7.84. The smallest absolute Gasteiger partial charge is 0.279 e. The zero-order chi connectivity index (χ0) is 18.7. The SMILES string of the molecule is COc1ccccc1-n1nc(C(=O)Nc2cccc(C)c2)c(O)cc1=O. The van der Waals surface area contributed by atoms with Crippen molar-refractivity contribution >= 4 is 11.6 Å². The number of aryl methyl sites for hydroxylation is 1. The Kier molecular flexibility index (Phi) is 4.70. The molecule has 1 amide bonds. The molecule has 26 heavy (non-hydrogen) atoms. The molecule has 1 aromatic heterocycles. The average Bonchev–Trinajstić information content (AvgIpc) is 2.61. The monoisotopic (exact) mass is 351 g/mol. The third-order valence-electron chi connectivity index (χ3n) is 3.72. The van der Waals surface area contributed by atoms with E-state index >= 15 is 0 Å². The van der Waals surface area contributed by atoms with Crippen LogP contribution in [0.3, 0.4) is 0 Å². The van der Waals surface area contributed by atoms with Gasteiger partial charge in [0.15, 0.2) is 11.4 Å². The lowest BCUT2D eigenvalue weighted by Gasteiger charge is -2.12. The molecular weight excluding hydrogens is 334 g/mol. The van der Waals surface area contributed by atoms with Gasteiger partial charge in [-0.3, -0.25) is 9.59 Å². The minimum atomic E-state index is -0.628. The maximum Gasteiger partial charge on any atom is 0.279 e. The molecule has 0 bridgehead atoms. The van der Waals surface area contributed by atoms with Crippen LogP contribution in [0, 0.1) is 6.92 Å². The van der Waals surface area contributed by atoms with E-state index in [9.17, 15) is 14.7 Å². The molecule has 0 aliphatic carbocycles. The molecule has 0 aliphatic heterocycles. The molecule has 0 radical (unpaired) electrons. The molecule has 0 atom stereocenters. The Labute approximate surface area is 149 Å². The van der Waals surface area contributed by atoms with E-state index in [-0.39, 0.29) is 5.69 Å². The van der Waals surface area contributed by atoms with E-state index in [0.717, 1.165) is 16.3 Å². The summed E-state index contributed by atoms with van der Waals surface area (Å²) in [5.74, 6) is -0.708. The van der Waals surface area contributed by atoms with Crippen LogP contribution in [0.1, 0.15) is 16.1 Å². The fourth-order valence-corrected chi connectivity index (χ4v) is 2.50. The Morgan fingerprint density at radius 1 is 1.15 bits per heavy atom. The number of amides is 1. The van der Waals surface area contributed by atoms with Gasteiger partial charge in [0.1, 0.15) is 11.4 Å². The summed E-state index contributed by atoms with van der Waals surface area (Å²) in [4.78, 5) is 24.8. The van der Waals surface area contributed by atoms with Crippen LogP contribution in [0.4, 0.5) is 5.69 Å². The zero-order valence-electron chi connectivity index (χ0n) is 14.3. The van der Waals surface area contributed by atoms with Gasteiger partial charge in [0.25, 0.3) is 11.5 Å². The van der Waals surface area contributed by atoms with Gasteiger partial charge in [0, 0.05) is 11.8 Å². The maximum atomic E-state index is 12.5. The Morgan fingerprint density at radius 2 is 1.92 bits per heavy atom. The topological polar surface area (TPSA) is 93.5 Å². The number of rotatable bonds is 4. The van der Waals surface area contributed by atoms with Crippen LogP contribution in [-0.4, -0.2) is 27.9 Å². The van der Waals surface area contributed by atoms with Crippen molar-refractivity contribution in [3.8, 4) is 17.2 Å². The van der Waals surface area contributed by atoms with Gasteiger partial charge in [0.2, 0.25) is 0 Å². The molecule has 7 nitrogen and oxygen atoms in total. The number of nitrogens with one attached hydrogen (secondary N) is 1. The molecule has 0 saturated heterocycles. The molecule has 132 valence electrons. The second kappa shape index (κ2) is 7.10. The summed E-state index contributed by atoms with van der Waals surface area (Å²) in [6.45, 7) is 1.90. The molecule has 7 heteroatoms. The zero-order valence-corrected chi connectivity index (χ0v) is 14.3. The molecule has 3 aromatic rings. The Hall–Kier alpha value is -3.61. The minimum absolute atomic E-state index is 0.267. The number of aromatic hydroxyl groups is 1. The number of methoxy groups -OCH3 is 1. The van der Waals surface area contributed by atoms with Gasteiger partial charge in [-0.05, 0) is 36.8 Å². The summed E-state index contributed by atoms with van der Waals surface area (Å²) >= 11 is 0. The van der Waals surface area contributed by atoms with E-state index in [1.807, 2.05) is 13.0 Å². The van der Waals surface area contributed by atoms with Crippen LogP contribution < -0.4 is 15.6 Å². The molecule has 3 rings (SSSR count). The highest BCUT2D eigenvalue weighted by Gasteiger charge is 2.18. The molecule has 0 spiro atoms. The predicted molar refractivity (Wildman–Crippen MR) is 97.2 cm³/mol. The molecule has 0 unspecified atom stereocenters. The van der Waals surface area contributed by atoms with Crippen molar-refractivity contribution in [2.24, 2.45) is 0 Å². The van der Waals surface area contributed by atoms with Gasteiger partial charge >= 0.3 is 0 Å². The number of carbonyl (C=O) groups excluding carboxylic acids is 1. The fraction of sp³-hybridized carbons (Fsp3) is 0.105. The van der Waals surface area contributed by atoms with Crippen molar-refractivity contribution in [2.45, 2.75) is 6.92 Å². The summed E-state index contributed by atoms with van der Waals surface area (Å²) < 4.78 is 6.25. The lowest BCUT2D eigenvalue weighted by atomic mass is 10.2. The number of hydrogen-bond donors (Lipinski definition) is 2. The van der Waals surface area contributed by atoms with Crippen LogP contribution in [0.15, 0.2) is 59.4 Å². The van der Waals surface area contributed by atoms with E-state index in [1.54, 1.807) is 42.5 Å². The molecular formula is C19H17N3O4. The number of hydrogen-bond acceptors (Lipinski definition) is 5. The second-order valence-electron chi connectivity index (χ2n) is 5.62. The standard InChI is InChI=1S/C19H17N3O4/c1-12-6-5-7-13(10-12)20-19(25)18-15(23)11-17(24)22(21-18)14-8-3-4-9-16(14)26-2/h3-11,23H,1-2H3,(H,20,25). The summed E-state index contributed by atoms with van der Waals surface area (Å²) in [6.07, 6.45) is 0. The van der Waals surface area contributed by atoms with Crippen molar-refractivity contribution in [2.75, 3.05) is 12.4 Å². The molecule has 0 fully saturated rings. The molecule has 1 heterocycles. The second-order valence-corrected chi connectivity index (χ2v) is 5.62. The fourth-order valence-electron chi connectivity index (χ4n) is 2.50. The van der Waals surface area contributed by atoms with E-state index in [1.165, 1.54) is 7.11 Å². The van der Waals surface area contributed by atoms with Gasteiger partial charge in [-0.1, -0.05) is 24.3 Å². The minimum Gasteiger partial charge on any atom is -0.505 e. The largest absolute Gasteiger partial charge is 0.505 e. The van der Waals surface area contributed by atoms with E-state index in [0.29, 0.717) is 17.1 Å². The van der Waals surface area contributed by atoms with Crippen molar-refractivity contribution < 1.29 is 14.6 Å². The van der Waals surface area contributed by atoms with Gasteiger partial charge in [-0.2, -0.15) is 9.78 Å². The highest BCUT2D eigenvalue weighted by Crippen LogP contribution is 2.22. The quantitative estimate of drug-likeness (QED) is 0.753. The molecule has 0 aliphatic rings. The first-order valence-electron chi connectivity index (χ1n) is 7.84. The van der Waals surface area contributed by atoms with E-state index in [4.69, 9.17) is 4.74 Å². The summed E-state index contributed by atoms with van der Waals surface area (Å²) in [5.41, 5.74) is 1.05. The maximum absolute atomic E-state index is 12.5. The number of carbonyl (C=O) groups is 1. The Bertz CT molecular complexity index is 1030. The molecule has 2 N–H and O–H groups in total. The number of anilines is 1. The third-order valence-corrected chi connectivity index (χ3v) is 3.72. The Morgan fingerprint density at radius 3 is 2.65 bits per heavy atom. The van der Waals surface area contributed by atoms with Crippen LogP contribution in [0.5, 0.6) is 11.5 Å².